The van der Waals surface area contributed by atoms with Crippen LogP contribution in [0.4, 0.5) is 14.5 Å². The molecule has 0 atom stereocenters. The predicted molar refractivity (Wildman–Crippen MR) is 55.1 cm³/mol. The van der Waals surface area contributed by atoms with Gasteiger partial charge in [-0.2, -0.15) is 0 Å². The van der Waals surface area contributed by atoms with Gasteiger partial charge in [0.25, 0.3) is 0 Å². The van der Waals surface area contributed by atoms with Crippen LogP contribution >= 0.6 is 0 Å². The number of carbonyl (C=O) groups is 1. The van der Waals surface area contributed by atoms with E-state index < -0.39 is 17.5 Å². The van der Waals surface area contributed by atoms with Gasteiger partial charge in [-0.1, -0.05) is 5.16 Å². The third-order valence-corrected chi connectivity index (χ3v) is 1.66. The maximum atomic E-state index is 13.1. The van der Waals surface area contributed by atoms with Crippen molar-refractivity contribution in [1.82, 2.24) is 0 Å². The van der Waals surface area contributed by atoms with Crippen LogP contribution in [0.15, 0.2) is 23.4 Å². The molecule has 1 rings (SSSR count). The van der Waals surface area contributed by atoms with Crippen LogP contribution in [0.25, 0.3) is 0 Å². The molecule has 1 amide bonds. The fourth-order valence-electron chi connectivity index (χ4n) is 0.987. The van der Waals surface area contributed by atoms with Gasteiger partial charge in [-0.25, -0.2) is 8.78 Å². The molecular formula is C10H10F2N2O2. The van der Waals surface area contributed by atoms with Gasteiger partial charge in [0.1, 0.15) is 18.7 Å². The van der Waals surface area contributed by atoms with E-state index in [0.29, 0.717) is 6.07 Å². The molecule has 0 unspecified atom stereocenters. The second kappa shape index (κ2) is 5.79. The largest absolute Gasteiger partial charge is 0.399 e. The average Bonchev–Trinajstić information content (AvgIpc) is 2.23. The molecule has 1 aromatic rings. The number of carbonyl (C=O) groups excluding carboxylic acids is 1. The standard InChI is InChI=1S/C10H10F2N2O2/c1-16-13-5-4-10(15)14-9-3-2-7(11)6-8(9)12/h2-3,5-6H,4H2,1H3,(H,14,15)/b13-5-. The van der Waals surface area contributed by atoms with E-state index in [1.165, 1.54) is 13.3 Å². The quantitative estimate of drug-likeness (QED) is 0.632. The van der Waals surface area contributed by atoms with Crippen LogP contribution in [-0.2, 0) is 9.63 Å². The van der Waals surface area contributed by atoms with Crippen LogP contribution in [0.5, 0.6) is 0 Å². The van der Waals surface area contributed by atoms with E-state index in [0.717, 1.165) is 12.1 Å². The average molecular weight is 228 g/mol. The smallest absolute Gasteiger partial charge is 0.229 e. The van der Waals surface area contributed by atoms with Crippen LogP contribution in [0.1, 0.15) is 6.42 Å². The second-order valence-electron chi connectivity index (χ2n) is 2.85. The number of nitrogens with one attached hydrogen (secondary N) is 1. The summed E-state index contributed by atoms with van der Waals surface area (Å²) in [6.45, 7) is 0. The van der Waals surface area contributed by atoms with E-state index in [-0.39, 0.29) is 12.1 Å². The zero-order valence-electron chi connectivity index (χ0n) is 8.54. The van der Waals surface area contributed by atoms with Gasteiger partial charge < -0.3 is 10.2 Å². The minimum atomic E-state index is -0.822. The summed E-state index contributed by atoms with van der Waals surface area (Å²) in [5.74, 6) is -1.99. The summed E-state index contributed by atoms with van der Waals surface area (Å²) in [5, 5.41) is 5.62. The van der Waals surface area contributed by atoms with Gasteiger partial charge >= 0.3 is 0 Å². The van der Waals surface area contributed by atoms with Crippen LogP contribution < -0.4 is 5.32 Å². The molecule has 0 aliphatic carbocycles. The predicted octanol–water partition coefficient (Wildman–Crippen LogP) is 1.93. The summed E-state index contributed by atoms with van der Waals surface area (Å²) in [7, 11) is 1.34. The first-order valence-corrected chi connectivity index (χ1v) is 4.43. The molecule has 0 aromatic heterocycles. The number of hydrogen-bond acceptors (Lipinski definition) is 3. The Morgan fingerprint density at radius 3 is 2.94 bits per heavy atom. The summed E-state index contributed by atoms with van der Waals surface area (Å²) in [5.41, 5.74) is -0.0720. The molecule has 0 saturated heterocycles. The Morgan fingerprint density at radius 1 is 1.56 bits per heavy atom. The number of anilines is 1. The first-order chi connectivity index (χ1) is 7.63. The Balaban J connectivity index is 2.59. The summed E-state index contributed by atoms with van der Waals surface area (Å²) >= 11 is 0. The third kappa shape index (κ3) is 3.64. The van der Waals surface area contributed by atoms with E-state index in [1.54, 1.807) is 0 Å². The minimum absolute atomic E-state index is 0.0509. The first kappa shape index (κ1) is 12.1. The zero-order chi connectivity index (χ0) is 12.0. The summed E-state index contributed by atoms with van der Waals surface area (Å²) in [6, 6.07) is 2.90. The maximum absolute atomic E-state index is 13.1. The molecule has 0 saturated carbocycles. The topological polar surface area (TPSA) is 50.7 Å². The molecule has 0 fully saturated rings. The lowest BCUT2D eigenvalue weighted by Gasteiger charge is -2.04. The van der Waals surface area contributed by atoms with E-state index in [2.05, 4.69) is 15.3 Å². The van der Waals surface area contributed by atoms with Gasteiger partial charge in [-0.05, 0) is 12.1 Å². The summed E-state index contributed by atoms with van der Waals surface area (Å²) in [6.07, 6.45) is 1.18. The van der Waals surface area contributed by atoms with Crippen molar-refractivity contribution in [3.05, 3.63) is 29.8 Å². The molecule has 6 heteroatoms. The van der Waals surface area contributed by atoms with Gasteiger partial charge in [0.05, 0.1) is 18.3 Å². The molecule has 0 spiro atoms. The number of nitrogens with zero attached hydrogens (tertiary/aromatic N) is 1. The fraction of sp³-hybridized carbons (Fsp3) is 0.200. The molecule has 1 aromatic carbocycles. The highest BCUT2D eigenvalue weighted by Gasteiger charge is 2.06. The van der Waals surface area contributed by atoms with Crippen molar-refractivity contribution < 1.29 is 18.4 Å². The Morgan fingerprint density at radius 2 is 2.31 bits per heavy atom. The Bertz CT molecular complexity index is 408. The monoisotopic (exact) mass is 228 g/mol. The Labute approximate surface area is 90.9 Å². The van der Waals surface area contributed by atoms with Crippen molar-refractivity contribution in [2.24, 2.45) is 5.16 Å². The molecule has 0 heterocycles. The molecule has 0 bridgehead atoms. The molecule has 4 nitrogen and oxygen atoms in total. The highest BCUT2D eigenvalue weighted by molar-refractivity contribution is 5.99. The number of hydrogen-bond donors (Lipinski definition) is 1. The van der Waals surface area contributed by atoms with Crippen molar-refractivity contribution in [2.45, 2.75) is 6.42 Å². The number of amides is 1. The lowest BCUT2D eigenvalue weighted by molar-refractivity contribution is -0.115. The third-order valence-electron chi connectivity index (χ3n) is 1.66. The second-order valence-corrected chi connectivity index (χ2v) is 2.85. The minimum Gasteiger partial charge on any atom is -0.399 e. The van der Waals surface area contributed by atoms with E-state index in [9.17, 15) is 13.6 Å². The van der Waals surface area contributed by atoms with Crippen LogP contribution in [0.3, 0.4) is 0 Å². The van der Waals surface area contributed by atoms with E-state index >= 15 is 0 Å². The lowest BCUT2D eigenvalue weighted by Crippen LogP contribution is -2.12. The molecule has 0 aliphatic heterocycles. The lowest BCUT2D eigenvalue weighted by atomic mass is 10.3. The first-order valence-electron chi connectivity index (χ1n) is 4.43. The van der Waals surface area contributed by atoms with Gasteiger partial charge in [0, 0.05) is 6.07 Å². The summed E-state index contributed by atoms with van der Waals surface area (Å²) in [4.78, 5) is 15.6. The normalized spacial score (nSPS) is 10.4. The molecular weight excluding hydrogens is 218 g/mol. The highest BCUT2D eigenvalue weighted by atomic mass is 19.1. The van der Waals surface area contributed by atoms with E-state index in [1.807, 2.05) is 0 Å². The van der Waals surface area contributed by atoms with Crippen molar-refractivity contribution in [1.29, 1.82) is 0 Å². The van der Waals surface area contributed by atoms with Crippen LogP contribution in [0, 0.1) is 11.6 Å². The zero-order valence-corrected chi connectivity index (χ0v) is 8.54. The molecule has 16 heavy (non-hydrogen) atoms. The fourth-order valence-corrected chi connectivity index (χ4v) is 0.987. The SMILES string of the molecule is CO/N=C\CC(=O)Nc1ccc(F)cc1F. The van der Waals surface area contributed by atoms with Crippen molar-refractivity contribution >= 4 is 17.8 Å². The summed E-state index contributed by atoms with van der Waals surface area (Å²) < 4.78 is 25.6. The van der Waals surface area contributed by atoms with E-state index in [4.69, 9.17) is 0 Å². The van der Waals surface area contributed by atoms with Crippen molar-refractivity contribution in [2.75, 3.05) is 12.4 Å². The number of rotatable bonds is 4. The molecule has 0 aliphatic rings. The van der Waals surface area contributed by atoms with Crippen molar-refractivity contribution in [3.63, 3.8) is 0 Å². The van der Waals surface area contributed by atoms with Crippen molar-refractivity contribution in [3.8, 4) is 0 Å². The Hall–Kier alpha value is -1.98. The molecule has 86 valence electrons. The molecule has 0 radical (unpaired) electrons. The van der Waals surface area contributed by atoms with Gasteiger partial charge in [0.15, 0.2) is 0 Å². The maximum Gasteiger partial charge on any atom is 0.229 e. The highest BCUT2D eigenvalue weighted by Crippen LogP contribution is 2.14. The molecule has 1 N–H and O–H groups in total. The number of benzene rings is 1. The number of oxime groups is 1. The number of halogens is 2. The van der Waals surface area contributed by atoms with Gasteiger partial charge in [-0.15, -0.1) is 0 Å². The van der Waals surface area contributed by atoms with Gasteiger partial charge in [0.2, 0.25) is 5.91 Å². The van der Waals surface area contributed by atoms with Crippen LogP contribution in [0.2, 0.25) is 0 Å². The van der Waals surface area contributed by atoms with Gasteiger partial charge in [-0.3, -0.25) is 4.79 Å². The van der Waals surface area contributed by atoms with Crippen LogP contribution in [-0.4, -0.2) is 19.2 Å². The Kier molecular flexibility index (Phi) is 4.38.